The van der Waals surface area contributed by atoms with E-state index in [-0.39, 0.29) is 19.0 Å². The van der Waals surface area contributed by atoms with Crippen molar-refractivity contribution in [1.82, 2.24) is 19.5 Å². The van der Waals surface area contributed by atoms with Gasteiger partial charge in [0.1, 0.15) is 24.1 Å². The molecule has 2 aromatic rings. The van der Waals surface area contributed by atoms with E-state index in [0.29, 0.717) is 17.8 Å². The average Bonchev–Trinajstić information content (AvgIpc) is 3.04. The number of nitrogen functional groups attached to an aromatic ring is 1. The van der Waals surface area contributed by atoms with Gasteiger partial charge in [-0.15, -0.1) is 0 Å². The van der Waals surface area contributed by atoms with Crippen molar-refractivity contribution in [1.29, 1.82) is 0 Å². The number of aliphatic hydroxyl groups is 2. The molecule has 3 atom stereocenters. The fourth-order valence-electron chi connectivity index (χ4n) is 2.63. The van der Waals surface area contributed by atoms with Crippen LogP contribution in [0.25, 0.3) is 11.2 Å². The van der Waals surface area contributed by atoms with Crippen LogP contribution in [0.15, 0.2) is 12.7 Å². The van der Waals surface area contributed by atoms with Crippen molar-refractivity contribution in [3.8, 4) is 0 Å². The molecule has 0 aromatic carbocycles. The minimum atomic E-state index is -1.20. The van der Waals surface area contributed by atoms with Crippen LogP contribution in [0.5, 0.6) is 0 Å². The highest BCUT2D eigenvalue weighted by atomic mass is 16.6. The molecule has 0 aliphatic carbocycles. The highest BCUT2D eigenvalue weighted by Gasteiger charge is 2.52. The van der Waals surface area contributed by atoms with Gasteiger partial charge in [0.25, 0.3) is 0 Å². The number of imidazole rings is 1. The molecule has 0 radical (unpaired) electrons. The standard InChI is InChI=1S/C12H17N5O4/c1-2-21-12(4-20-7(3-18)9(12)19)17-6-16-8-10(13)14-5-15-11(8)17/h5-7,9,18-19H,2-4H2,1H3,(H2,13,14,15)/t7-,9?,12?/m1/s1. The van der Waals surface area contributed by atoms with Crippen LogP contribution < -0.4 is 5.73 Å². The van der Waals surface area contributed by atoms with E-state index in [4.69, 9.17) is 15.2 Å². The van der Waals surface area contributed by atoms with Gasteiger partial charge in [-0.1, -0.05) is 0 Å². The molecule has 0 amide bonds. The zero-order chi connectivity index (χ0) is 15.0. The second kappa shape index (κ2) is 5.19. The van der Waals surface area contributed by atoms with Crippen molar-refractivity contribution >= 4 is 17.0 Å². The Morgan fingerprint density at radius 1 is 1.52 bits per heavy atom. The second-order valence-corrected chi connectivity index (χ2v) is 4.80. The molecule has 2 unspecified atom stereocenters. The van der Waals surface area contributed by atoms with Crippen LogP contribution in [0, 0.1) is 0 Å². The molecule has 114 valence electrons. The lowest BCUT2D eigenvalue weighted by atomic mass is 10.1. The molecule has 3 rings (SSSR count). The van der Waals surface area contributed by atoms with Gasteiger partial charge in [-0.25, -0.2) is 15.0 Å². The fourth-order valence-corrected chi connectivity index (χ4v) is 2.63. The molecule has 2 aromatic heterocycles. The van der Waals surface area contributed by atoms with Gasteiger partial charge >= 0.3 is 0 Å². The fraction of sp³-hybridized carbons (Fsp3) is 0.583. The van der Waals surface area contributed by atoms with Crippen molar-refractivity contribution in [2.45, 2.75) is 24.9 Å². The van der Waals surface area contributed by atoms with Crippen LogP contribution in [0.2, 0.25) is 0 Å². The van der Waals surface area contributed by atoms with E-state index in [1.165, 1.54) is 12.7 Å². The quantitative estimate of drug-likeness (QED) is 0.645. The number of aliphatic hydroxyl groups excluding tert-OH is 2. The zero-order valence-electron chi connectivity index (χ0n) is 11.5. The molecule has 4 N–H and O–H groups in total. The number of nitrogens with two attached hydrogens (primary N) is 1. The monoisotopic (exact) mass is 295 g/mol. The Bertz CT molecular complexity index is 648. The normalized spacial score (nSPS) is 29.3. The maximum Gasteiger partial charge on any atom is 0.199 e. The third kappa shape index (κ3) is 1.97. The minimum Gasteiger partial charge on any atom is -0.394 e. The summed E-state index contributed by atoms with van der Waals surface area (Å²) >= 11 is 0. The Morgan fingerprint density at radius 2 is 2.33 bits per heavy atom. The van der Waals surface area contributed by atoms with Crippen molar-refractivity contribution in [2.24, 2.45) is 0 Å². The molecule has 9 nitrogen and oxygen atoms in total. The van der Waals surface area contributed by atoms with E-state index in [1.807, 2.05) is 6.92 Å². The summed E-state index contributed by atoms with van der Waals surface area (Å²) in [6.45, 7) is 1.92. The molecular weight excluding hydrogens is 278 g/mol. The van der Waals surface area contributed by atoms with Gasteiger partial charge in [0, 0.05) is 6.61 Å². The number of aromatic nitrogens is 4. The molecule has 1 aliphatic heterocycles. The highest BCUT2D eigenvalue weighted by Crippen LogP contribution is 2.35. The van der Waals surface area contributed by atoms with E-state index in [0.717, 1.165) is 0 Å². The SMILES string of the molecule is CCOC1(n2cnc3c(N)ncnc32)CO[C@H](CO)C1O. The first-order valence-corrected chi connectivity index (χ1v) is 6.62. The van der Waals surface area contributed by atoms with Crippen molar-refractivity contribution in [3.63, 3.8) is 0 Å². The third-order valence-corrected chi connectivity index (χ3v) is 3.66. The summed E-state index contributed by atoms with van der Waals surface area (Å²) in [4.78, 5) is 12.2. The Balaban J connectivity index is 2.15. The van der Waals surface area contributed by atoms with Crippen LogP contribution in [-0.2, 0) is 15.2 Å². The Morgan fingerprint density at radius 3 is 3.00 bits per heavy atom. The Hall–Kier alpha value is -1.81. The zero-order valence-corrected chi connectivity index (χ0v) is 11.5. The van der Waals surface area contributed by atoms with Gasteiger partial charge < -0.3 is 25.4 Å². The lowest BCUT2D eigenvalue weighted by molar-refractivity contribution is -0.154. The van der Waals surface area contributed by atoms with Gasteiger partial charge in [0.2, 0.25) is 0 Å². The molecular formula is C12H17N5O4. The Labute approximate surface area is 120 Å². The van der Waals surface area contributed by atoms with Crippen LogP contribution >= 0.6 is 0 Å². The molecule has 3 heterocycles. The van der Waals surface area contributed by atoms with E-state index >= 15 is 0 Å². The summed E-state index contributed by atoms with van der Waals surface area (Å²) in [7, 11) is 0. The largest absolute Gasteiger partial charge is 0.394 e. The van der Waals surface area contributed by atoms with E-state index in [2.05, 4.69) is 15.0 Å². The number of hydrogen-bond donors (Lipinski definition) is 3. The molecule has 0 bridgehead atoms. The lowest BCUT2D eigenvalue weighted by Gasteiger charge is -2.33. The molecule has 1 fully saturated rings. The predicted molar refractivity (Wildman–Crippen MR) is 72.2 cm³/mol. The second-order valence-electron chi connectivity index (χ2n) is 4.80. The van der Waals surface area contributed by atoms with Gasteiger partial charge in [-0.2, -0.15) is 0 Å². The summed E-state index contributed by atoms with van der Waals surface area (Å²) in [5.41, 5.74) is 5.44. The topological polar surface area (TPSA) is 129 Å². The van der Waals surface area contributed by atoms with Crippen molar-refractivity contribution in [2.75, 3.05) is 25.6 Å². The number of fused-ring (bicyclic) bond motifs is 1. The van der Waals surface area contributed by atoms with Crippen LogP contribution in [0.3, 0.4) is 0 Å². The number of nitrogens with zero attached hydrogens (tertiary/aromatic N) is 4. The van der Waals surface area contributed by atoms with Crippen LogP contribution in [-0.4, -0.2) is 61.8 Å². The molecule has 21 heavy (non-hydrogen) atoms. The number of hydrogen-bond acceptors (Lipinski definition) is 8. The lowest BCUT2D eigenvalue weighted by Crippen LogP contribution is -2.49. The average molecular weight is 295 g/mol. The third-order valence-electron chi connectivity index (χ3n) is 3.66. The number of anilines is 1. The maximum atomic E-state index is 10.5. The van der Waals surface area contributed by atoms with Crippen molar-refractivity contribution < 1.29 is 19.7 Å². The van der Waals surface area contributed by atoms with E-state index in [1.54, 1.807) is 4.57 Å². The smallest absolute Gasteiger partial charge is 0.199 e. The van der Waals surface area contributed by atoms with Gasteiger partial charge in [-0.3, -0.25) is 4.57 Å². The Kier molecular flexibility index (Phi) is 3.49. The van der Waals surface area contributed by atoms with Crippen molar-refractivity contribution in [3.05, 3.63) is 12.7 Å². The molecule has 1 aliphatic rings. The first-order valence-electron chi connectivity index (χ1n) is 6.62. The summed E-state index contributed by atoms with van der Waals surface area (Å²) in [5, 5.41) is 19.8. The van der Waals surface area contributed by atoms with E-state index in [9.17, 15) is 10.2 Å². The van der Waals surface area contributed by atoms with E-state index < -0.39 is 17.9 Å². The molecule has 1 saturated heterocycles. The summed E-state index contributed by atoms with van der Waals surface area (Å²) < 4.78 is 12.8. The number of ether oxygens (including phenoxy) is 2. The van der Waals surface area contributed by atoms with Gasteiger partial charge in [0.15, 0.2) is 17.2 Å². The molecule has 0 saturated carbocycles. The first-order chi connectivity index (χ1) is 10.1. The van der Waals surface area contributed by atoms with Gasteiger partial charge in [-0.05, 0) is 6.92 Å². The first kappa shape index (κ1) is 14.1. The highest BCUT2D eigenvalue weighted by molar-refractivity contribution is 5.81. The van der Waals surface area contributed by atoms with Gasteiger partial charge in [0.05, 0.1) is 19.5 Å². The molecule has 9 heteroatoms. The summed E-state index contributed by atoms with van der Waals surface area (Å²) in [5.74, 6) is 0.248. The number of rotatable bonds is 4. The summed E-state index contributed by atoms with van der Waals surface area (Å²) in [6.07, 6.45) is 1.02. The summed E-state index contributed by atoms with van der Waals surface area (Å²) in [6, 6.07) is 0. The minimum absolute atomic E-state index is 0.0720. The maximum absolute atomic E-state index is 10.5. The predicted octanol–water partition coefficient (Wildman–Crippen LogP) is -1.15. The molecule has 0 spiro atoms. The van der Waals surface area contributed by atoms with Crippen LogP contribution in [0.1, 0.15) is 6.92 Å². The van der Waals surface area contributed by atoms with Crippen LogP contribution in [0.4, 0.5) is 5.82 Å².